The van der Waals surface area contributed by atoms with Gasteiger partial charge in [-0.1, -0.05) is 12.1 Å². The molecular weight excluding hydrogens is 392 g/mol. The van der Waals surface area contributed by atoms with E-state index in [0.717, 1.165) is 30.3 Å². The fourth-order valence-corrected chi connectivity index (χ4v) is 2.54. The third kappa shape index (κ3) is 4.65. The molecule has 0 aliphatic carbocycles. The zero-order valence-electron chi connectivity index (χ0n) is 14.9. The Balaban J connectivity index is 1.95. The second-order valence-corrected chi connectivity index (χ2v) is 5.86. The first kappa shape index (κ1) is 20.2. The Hall–Kier alpha value is -3.56. The number of benzene rings is 1. The highest BCUT2D eigenvalue weighted by Gasteiger charge is 2.31. The zero-order chi connectivity index (χ0) is 21.0. The van der Waals surface area contributed by atoms with Gasteiger partial charge in [-0.25, -0.2) is 14.4 Å². The molecular formula is C19H14F4N4O2. The van der Waals surface area contributed by atoms with E-state index in [4.69, 9.17) is 4.74 Å². The highest BCUT2D eigenvalue weighted by molar-refractivity contribution is 5.94. The number of pyridine rings is 1. The molecule has 3 rings (SSSR count). The maximum atomic E-state index is 14.3. The second kappa shape index (κ2) is 8.21. The molecule has 0 aliphatic heterocycles. The molecule has 0 saturated carbocycles. The number of carbonyl (C=O) groups excluding carboxylic acids is 1. The number of nitrogens with zero attached hydrogens (tertiary/aromatic N) is 3. The summed E-state index contributed by atoms with van der Waals surface area (Å²) in [6, 6.07) is 5.45. The molecule has 6 nitrogen and oxygen atoms in total. The average Bonchev–Trinajstić information content (AvgIpc) is 2.72. The van der Waals surface area contributed by atoms with Crippen LogP contribution in [0, 0.1) is 5.82 Å². The van der Waals surface area contributed by atoms with E-state index in [1.807, 2.05) is 0 Å². The molecule has 2 heterocycles. The summed E-state index contributed by atoms with van der Waals surface area (Å²) < 4.78 is 57.6. The van der Waals surface area contributed by atoms with Crippen LogP contribution in [0.5, 0.6) is 6.01 Å². The molecule has 1 amide bonds. The molecule has 0 fully saturated rings. The number of rotatable bonds is 5. The standard InChI is InChI=1S/C19H14F4N4O2/c1-29-18-25-9-12(10-26-18)17(28)27-15(16-14(20)3-2-8-24-16)11-4-6-13(7-5-11)19(21,22)23/h2-10,15H,1H3,(H,27,28)/t15-/m0/s1. The zero-order valence-corrected chi connectivity index (χ0v) is 14.9. The monoisotopic (exact) mass is 406 g/mol. The normalized spacial score (nSPS) is 12.3. The number of hydrogen-bond donors (Lipinski definition) is 1. The number of alkyl halides is 3. The van der Waals surface area contributed by atoms with Gasteiger partial charge in [-0.3, -0.25) is 9.78 Å². The topological polar surface area (TPSA) is 77.0 Å². The lowest BCUT2D eigenvalue weighted by atomic mass is 10.0. The third-order valence-electron chi connectivity index (χ3n) is 3.98. The van der Waals surface area contributed by atoms with Crippen LogP contribution < -0.4 is 10.1 Å². The van der Waals surface area contributed by atoms with Crippen molar-refractivity contribution in [1.29, 1.82) is 0 Å². The number of hydrogen-bond acceptors (Lipinski definition) is 5. The Bertz CT molecular complexity index is 992. The molecule has 2 aromatic heterocycles. The van der Waals surface area contributed by atoms with Crippen LogP contribution in [0.3, 0.4) is 0 Å². The summed E-state index contributed by atoms with van der Waals surface area (Å²) in [5.74, 6) is -1.38. The van der Waals surface area contributed by atoms with E-state index < -0.39 is 29.5 Å². The third-order valence-corrected chi connectivity index (χ3v) is 3.98. The van der Waals surface area contributed by atoms with Gasteiger partial charge in [0.15, 0.2) is 0 Å². The summed E-state index contributed by atoms with van der Waals surface area (Å²) in [4.78, 5) is 24.2. The van der Waals surface area contributed by atoms with Crippen LogP contribution in [0.25, 0.3) is 0 Å². The molecule has 1 N–H and O–H groups in total. The molecule has 10 heteroatoms. The molecule has 1 atom stereocenters. The minimum atomic E-state index is -4.52. The molecule has 0 bridgehead atoms. The van der Waals surface area contributed by atoms with Crippen molar-refractivity contribution in [3.05, 3.63) is 83.2 Å². The maximum absolute atomic E-state index is 14.3. The minimum Gasteiger partial charge on any atom is -0.467 e. The Labute approximate surface area is 162 Å². The molecule has 1 aromatic carbocycles. The van der Waals surface area contributed by atoms with Crippen LogP contribution in [0.1, 0.15) is 33.2 Å². The average molecular weight is 406 g/mol. The van der Waals surface area contributed by atoms with E-state index >= 15 is 0 Å². The predicted molar refractivity (Wildman–Crippen MR) is 93.5 cm³/mol. The van der Waals surface area contributed by atoms with Crippen LogP contribution in [0.15, 0.2) is 55.0 Å². The van der Waals surface area contributed by atoms with Gasteiger partial charge in [-0.2, -0.15) is 13.2 Å². The molecule has 0 saturated heterocycles. The molecule has 150 valence electrons. The van der Waals surface area contributed by atoms with Gasteiger partial charge >= 0.3 is 12.2 Å². The number of halogens is 4. The van der Waals surface area contributed by atoms with Gasteiger partial charge in [-0.05, 0) is 29.8 Å². The summed E-state index contributed by atoms with van der Waals surface area (Å²) in [7, 11) is 1.36. The van der Waals surface area contributed by atoms with Crippen molar-refractivity contribution in [2.45, 2.75) is 12.2 Å². The Morgan fingerprint density at radius 2 is 1.72 bits per heavy atom. The SMILES string of the molecule is COc1ncc(C(=O)N[C@@H](c2ccc(C(F)(F)F)cc2)c2ncccc2F)cn1. The quantitative estimate of drug-likeness (QED) is 0.656. The maximum Gasteiger partial charge on any atom is 0.416 e. The van der Waals surface area contributed by atoms with Gasteiger partial charge in [0, 0.05) is 18.6 Å². The van der Waals surface area contributed by atoms with Crippen molar-refractivity contribution in [3.8, 4) is 6.01 Å². The summed E-state index contributed by atoms with van der Waals surface area (Å²) in [6.45, 7) is 0. The number of nitrogens with one attached hydrogen (secondary N) is 1. The first-order chi connectivity index (χ1) is 13.8. The van der Waals surface area contributed by atoms with E-state index in [9.17, 15) is 22.4 Å². The summed E-state index contributed by atoms with van der Waals surface area (Å²) >= 11 is 0. The van der Waals surface area contributed by atoms with Gasteiger partial charge < -0.3 is 10.1 Å². The molecule has 0 spiro atoms. The van der Waals surface area contributed by atoms with Gasteiger partial charge in [0.2, 0.25) is 0 Å². The molecule has 29 heavy (non-hydrogen) atoms. The van der Waals surface area contributed by atoms with Crippen molar-refractivity contribution in [3.63, 3.8) is 0 Å². The second-order valence-electron chi connectivity index (χ2n) is 5.86. The Morgan fingerprint density at radius 3 is 2.28 bits per heavy atom. The Morgan fingerprint density at radius 1 is 1.07 bits per heavy atom. The van der Waals surface area contributed by atoms with E-state index in [1.165, 1.54) is 31.8 Å². The van der Waals surface area contributed by atoms with Crippen molar-refractivity contribution in [1.82, 2.24) is 20.3 Å². The van der Waals surface area contributed by atoms with Crippen molar-refractivity contribution in [2.24, 2.45) is 0 Å². The number of methoxy groups -OCH3 is 1. The fourth-order valence-electron chi connectivity index (χ4n) is 2.54. The van der Waals surface area contributed by atoms with Crippen LogP contribution in [-0.4, -0.2) is 28.0 Å². The van der Waals surface area contributed by atoms with Gasteiger partial charge in [-0.15, -0.1) is 0 Å². The number of amides is 1. The van der Waals surface area contributed by atoms with Crippen LogP contribution in [-0.2, 0) is 6.18 Å². The largest absolute Gasteiger partial charge is 0.467 e. The molecule has 3 aromatic rings. The van der Waals surface area contributed by atoms with E-state index in [1.54, 1.807) is 0 Å². The van der Waals surface area contributed by atoms with Gasteiger partial charge in [0.05, 0.1) is 24.3 Å². The van der Waals surface area contributed by atoms with Crippen molar-refractivity contribution in [2.75, 3.05) is 7.11 Å². The smallest absolute Gasteiger partial charge is 0.416 e. The van der Waals surface area contributed by atoms with E-state index in [-0.39, 0.29) is 22.8 Å². The summed E-state index contributed by atoms with van der Waals surface area (Å²) in [5, 5.41) is 2.56. The summed E-state index contributed by atoms with van der Waals surface area (Å²) in [6.07, 6.45) is -0.786. The first-order valence-corrected chi connectivity index (χ1v) is 8.24. The van der Waals surface area contributed by atoms with Crippen LogP contribution >= 0.6 is 0 Å². The molecule has 0 unspecified atom stereocenters. The molecule has 0 radical (unpaired) electrons. The lowest BCUT2D eigenvalue weighted by Gasteiger charge is -2.20. The first-order valence-electron chi connectivity index (χ1n) is 8.24. The van der Waals surface area contributed by atoms with Crippen molar-refractivity contribution >= 4 is 5.91 Å². The van der Waals surface area contributed by atoms with Gasteiger partial charge in [0.1, 0.15) is 11.5 Å². The van der Waals surface area contributed by atoms with Crippen LogP contribution in [0.2, 0.25) is 0 Å². The van der Waals surface area contributed by atoms with Crippen LogP contribution in [0.4, 0.5) is 17.6 Å². The number of aromatic nitrogens is 3. The van der Waals surface area contributed by atoms with E-state index in [0.29, 0.717) is 0 Å². The van der Waals surface area contributed by atoms with Gasteiger partial charge in [0.25, 0.3) is 5.91 Å². The highest BCUT2D eigenvalue weighted by Crippen LogP contribution is 2.31. The number of ether oxygens (including phenoxy) is 1. The lowest BCUT2D eigenvalue weighted by Crippen LogP contribution is -2.31. The Kier molecular flexibility index (Phi) is 5.71. The number of carbonyl (C=O) groups is 1. The fraction of sp³-hybridized carbons (Fsp3) is 0.158. The summed E-state index contributed by atoms with van der Waals surface area (Å²) in [5.41, 5.74) is -0.733. The molecule has 0 aliphatic rings. The predicted octanol–water partition coefficient (Wildman–Crippen LogP) is 3.56. The van der Waals surface area contributed by atoms with E-state index in [2.05, 4.69) is 20.3 Å². The minimum absolute atomic E-state index is 0.0524. The lowest BCUT2D eigenvalue weighted by molar-refractivity contribution is -0.137. The highest BCUT2D eigenvalue weighted by atomic mass is 19.4. The van der Waals surface area contributed by atoms with Crippen molar-refractivity contribution < 1.29 is 27.1 Å².